The fourth-order valence-corrected chi connectivity index (χ4v) is 3.23. The number of nitrogens with one attached hydrogen (secondary N) is 2. The van der Waals surface area contributed by atoms with Crippen molar-refractivity contribution in [3.8, 4) is 11.5 Å². The average molecular weight is 475 g/mol. The minimum atomic E-state index is -0.910. The average Bonchev–Trinajstić information content (AvgIpc) is 2.83. The highest BCUT2D eigenvalue weighted by molar-refractivity contribution is 6.39. The maximum Gasteiger partial charge on any atom is 0.335 e. The Morgan fingerprint density at radius 1 is 1.03 bits per heavy atom. The number of phenols is 1. The van der Waals surface area contributed by atoms with E-state index in [0.717, 1.165) is 4.90 Å². The van der Waals surface area contributed by atoms with Crippen LogP contribution in [0.4, 0.5) is 20.6 Å². The molecule has 0 aromatic heterocycles. The van der Waals surface area contributed by atoms with E-state index in [9.17, 15) is 28.7 Å². The van der Waals surface area contributed by atoms with E-state index in [1.807, 2.05) is 0 Å². The molecular weight excluding hydrogens is 457 g/mol. The molecule has 0 aliphatic carbocycles. The van der Waals surface area contributed by atoms with Crippen molar-refractivity contribution in [2.75, 3.05) is 16.8 Å². The highest BCUT2D eigenvalue weighted by atomic mass is 19.1. The van der Waals surface area contributed by atoms with Crippen molar-refractivity contribution in [1.82, 2.24) is 5.32 Å². The summed E-state index contributed by atoms with van der Waals surface area (Å²) in [5, 5.41) is 14.1. The van der Waals surface area contributed by atoms with Crippen LogP contribution in [0.15, 0.2) is 78.4 Å². The Morgan fingerprint density at radius 3 is 2.46 bits per heavy atom. The summed E-state index contributed by atoms with van der Waals surface area (Å²) in [5.41, 5.74) is 0.713. The van der Waals surface area contributed by atoms with Gasteiger partial charge < -0.3 is 15.2 Å². The number of barbiturate groups is 1. The summed E-state index contributed by atoms with van der Waals surface area (Å²) in [6, 6.07) is 16.0. The van der Waals surface area contributed by atoms with Crippen molar-refractivity contribution in [3.63, 3.8) is 0 Å². The maximum atomic E-state index is 13.0. The van der Waals surface area contributed by atoms with Crippen LogP contribution < -0.4 is 20.3 Å². The number of benzene rings is 3. The molecule has 1 aliphatic heterocycles. The maximum absolute atomic E-state index is 13.0. The monoisotopic (exact) mass is 475 g/mol. The predicted molar refractivity (Wildman–Crippen MR) is 124 cm³/mol. The lowest BCUT2D eigenvalue weighted by Gasteiger charge is -2.26. The van der Waals surface area contributed by atoms with E-state index in [2.05, 4.69) is 10.6 Å². The normalized spacial score (nSPS) is 14.6. The third-order valence-electron chi connectivity index (χ3n) is 4.88. The van der Waals surface area contributed by atoms with Gasteiger partial charge in [-0.05, 0) is 72.3 Å². The van der Waals surface area contributed by atoms with Crippen LogP contribution in [0.2, 0.25) is 0 Å². The van der Waals surface area contributed by atoms with E-state index in [-0.39, 0.29) is 23.6 Å². The summed E-state index contributed by atoms with van der Waals surface area (Å²) < 4.78 is 18.4. The summed E-state index contributed by atoms with van der Waals surface area (Å²) in [6.07, 6.45) is 1.29. The number of phenolic OH excluding ortho intramolecular Hbond substituents is 1. The first-order valence-corrected chi connectivity index (χ1v) is 10.3. The first kappa shape index (κ1) is 23.2. The van der Waals surface area contributed by atoms with Gasteiger partial charge in [-0.15, -0.1) is 0 Å². The number of hydrogen-bond acceptors (Lipinski definition) is 6. The molecule has 0 bridgehead atoms. The molecule has 0 radical (unpaired) electrons. The van der Waals surface area contributed by atoms with Gasteiger partial charge in [0.2, 0.25) is 0 Å². The largest absolute Gasteiger partial charge is 0.508 e. The lowest BCUT2D eigenvalue weighted by atomic mass is 10.1. The number of carbonyl (C=O) groups is 4. The second kappa shape index (κ2) is 9.87. The van der Waals surface area contributed by atoms with Gasteiger partial charge in [0.05, 0.1) is 5.69 Å². The van der Waals surface area contributed by atoms with E-state index in [4.69, 9.17) is 4.74 Å². The number of rotatable bonds is 6. The molecule has 10 heteroatoms. The Morgan fingerprint density at radius 2 is 1.74 bits per heavy atom. The molecule has 1 saturated heterocycles. The molecule has 4 rings (SSSR count). The van der Waals surface area contributed by atoms with Crippen LogP contribution in [0.1, 0.15) is 5.56 Å². The van der Waals surface area contributed by atoms with Crippen LogP contribution in [0.25, 0.3) is 6.08 Å². The van der Waals surface area contributed by atoms with E-state index in [1.54, 1.807) is 18.2 Å². The number of carbonyl (C=O) groups excluding carboxylic acids is 4. The van der Waals surface area contributed by atoms with E-state index in [1.165, 1.54) is 60.7 Å². The molecule has 35 heavy (non-hydrogen) atoms. The van der Waals surface area contributed by atoms with Crippen LogP contribution in [0.3, 0.4) is 0 Å². The van der Waals surface area contributed by atoms with Gasteiger partial charge in [-0.3, -0.25) is 19.7 Å². The molecule has 0 spiro atoms. The first-order valence-electron chi connectivity index (χ1n) is 10.3. The molecule has 1 fully saturated rings. The lowest BCUT2D eigenvalue weighted by molar-refractivity contribution is -0.122. The molecule has 9 nitrogen and oxygen atoms in total. The lowest BCUT2D eigenvalue weighted by Crippen LogP contribution is -2.54. The third-order valence-corrected chi connectivity index (χ3v) is 4.88. The Labute approximate surface area is 198 Å². The fourth-order valence-electron chi connectivity index (χ4n) is 3.23. The molecule has 1 heterocycles. The fraction of sp³-hybridized carbons (Fsp3) is 0.0400. The number of halogens is 1. The van der Waals surface area contributed by atoms with Gasteiger partial charge in [-0.2, -0.15) is 0 Å². The number of anilines is 2. The Balaban J connectivity index is 1.47. The summed E-state index contributed by atoms with van der Waals surface area (Å²) in [6.45, 7) is -0.333. The number of amides is 5. The highest BCUT2D eigenvalue weighted by Crippen LogP contribution is 2.24. The van der Waals surface area contributed by atoms with Crippen LogP contribution in [-0.4, -0.2) is 35.5 Å². The number of aromatic hydroxyl groups is 1. The van der Waals surface area contributed by atoms with E-state index >= 15 is 0 Å². The molecular formula is C25H18FN3O6. The van der Waals surface area contributed by atoms with Gasteiger partial charge in [0.25, 0.3) is 17.7 Å². The molecule has 3 N–H and O–H groups in total. The van der Waals surface area contributed by atoms with E-state index < -0.39 is 29.6 Å². The molecule has 176 valence electrons. The van der Waals surface area contributed by atoms with Gasteiger partial charge in [-0.25, -0.2) is 14.1 Å². The number of hydrogen-bond donors (Lipinski definition) is 3. The summed E-state index contributed by atoms with van der Waals surface area (Å²) in [4.78, 5) is 50.4. The molecule has 1 aliphatic rings. The predicted octanol–water partition coefficient (Wildman–Crippen LogP) is 3.22. The smallest absolute Gasteiger partial charge is 0.335 e. The Kier molecular flexibility index (Phi) is 6.54. The minimum Gasteiger partial charge on any atom is -0.508 e. The minimum absolute atomic E-state index is 0.0476. The van der Waals surface area contributed by atoms with Crippen molar-refractivity contribution in [2.24, 2.45) is 0 Å². The SMILES string of the molecule is O=C(COc1cccc(C=C2C(=O)NC(=O)N(c3ccc(O)cc3)C2=O)c1)Nc1ccc(F)cc1. The molecule has 3 aromatic carbocycles. The van der Waals surface area contributed by atoms with Crippen molar-refractivity contribution < 1.29 is 33.4 Å². The van der Waals surface area contributed by atoms with Crippen LogP contribution in [-0.2, 0) is 14.4 Å². The van der Waals surface area contributed by atoms with Gasteiger partial charge in [-0.1, -0.05) is 12.1 Å². The van der Waals surface area contributed by atoms with Gasteiger partial charge in [0.15, 0.2) is 6.61 Å². The van der Waals surface area contributed by atoms with Crippen molar-refractivity contribution >= 4 is 41.2 Å². The first-order chi connectivity index (χ1) is 16.8. The highest BCUT2D eigenvalue weighted by Gasteiger charge is 2.36. The molecule has 0 saturated carbocycles. The van der Waals surface area contributed by atoms with Crippen LogP contribution >= 0.6 is 0 Å². The summed E-state index contributed by atoms with van der Waals surface area (Å²) in [5.74, 6) is -2.34. The topological polar surface area (TPSA) is 125 Å². The standard InChI is InChI=1S/C25H18FN3O6/c26-16-4-6-17(7-5-16)27-22(31)14-35-20-3-1-2-15(12-20)13-21-23(32)28-25(34)29(24(21)33)18-8-10-19(30)11-9-18/h1-13,30H,14H2,(H,27,31)(H,28,32,34). The zero-order chi connectivity index (χ0) is 24.9. The van der Waals surface area contributed by atoms with Gasteiger partial charge >= 0.3 is 6.03 Å². The quantitative estimate of drug-likeness (QED) is 0.371. The third kappa shape index (κ3) is 5.50. The molecule has 0 atom stereocenters. The van der Waals surface area contributed by atoms with E-state index in [0.29, 0.717) is 17.0 Å². The number of urea groups is 1. The van der Waals surface area contributed by atoms with Crippen molar-refractivity contribution in [1.29, 1.82) is 0 Å². The number of imide groups is 2. The second-order valence-corrected chi connectivity index (χ2v) is 7.39. The zero-order valence-electron chi connectivity index (χ0n) is 18.0. The van der Waals surface area contributed by atoms with Gasteiger partial charge in [0.1, 0.15) is 22.9 Å². The summed E-state index contributed by atoms with van der Waals surface area (Å²) >= 11 is 0. The Bertz CT molecular complexity index is 1340. The van der Waals surface area contributed by atoms with Gasteiger partial charge in [0, 0.05) is 5.69 Å². The zero-order valence-corrected chi connectivity index (χ0v) is 18.0. The second-order valence-electron chi connectivity index (χ2n) is 7.39. The molecule has 3 aromatic rings. The number of nitrogens with zero attached hydrogens (tertiary/aromatic N) is 1. The summed E-state index contributed by atoms with van der Waals surface area (Å²) in [7, 11) is 0. The van der Waals surface area contributed by atoms with Crippen molar-refractivity contribution in [3.05, 3.63) is 89.8 Å². The Hall–Kier alpha value is -4.99. The number of ether oxygens (including phenoxy) is 1. The molecule has 0 unspecified atom stereocenters. The van der Waals surface area contributed by atoms with Crippen molar-refractivity contribution in [2.45, 2.75) is 0 Å². The molecule has 5 amide bonds. The van der Waals surface area contributed by atoms with Crippen LogP contribution in [0, 0.1) is 5.82 Å². The van der Waals surface area contributed by atoms with Crippen LogP contribution in [0.5, 0.6) is 11.5 Å².